The van der Waals surface area contributed by atoms with Crippen molar-refractivity contribution in [1.82, 2.24) is 0 Å². The van der Waals surface area contributed by atoms with E-state index in [4.69, 9.17) is 9.05 Å². The smallest absolute Gasteiger partial charge is 0.334 e. The van der Waals surface area contributed by atoms with Gasteiger partial charge in [-0.15, -0.1) is 0 Å². The third-order valence-corrected chi connectivity index (χ3v) is 4.41. The van der Waals surface area contributed by atoms with Gasteiger partial charge in [-0.25, -0.2) is 0 Å². The van der Waals surface area contributed by atoms with Gasteiger partial charge >= 0.3 is 13.6 Å². The van der Waals surface area contributed by atoms with Crippen LogP contribution in [-0.2, 0) is 23.1 Å². The monoisotopic (exact) mass is 316 g/mol. The minimum atomic E-state index is -3.01. The van der Waals surface area contributed by atoms with E-state index in [1.807, 2.05) is 0 Å². The fourth-order valence-corrected chi connectivity index (χ4v) is 2.93. The van der Waals surface area contributed by atoms with Crippen molar-refractivity contribution in [2.24, 2.45) is 0 Å². The van der Waals surface area contributed by atoms with E-state index in [9.17, 15) is 9.36 Å². The predicted molar refractivity (Wildman–Crippen MR) is 83.1 cm³/mol. The summed E-state index contributed by atoms with van der Waals surface area (Å²) in [5.41, 5.74) is 0. The van der Waals surface area contributed by atoms with Gasteiger partial charge in [0.05, 0.1) is 26.5 Å². The lowest BCUT2D eigenvalue weighted by atomic mass is 10.2. The molecule has 0 fully saturated rings. The van der Waals surface area contributed by atoms with Crippen LogP contribution >= 0.6 is 7.60 Å². The molecule has 21 heavy (non-hydrogen) atoms. The van der Waals surface area contributed by atoms with E-state index >= 15 is 0 Å². The quantitative estimate of drug-likeness (QED) is 0.267. The van der Waals surface area contributed by atoms with Crippen molar-refractivity contribution in [2.75, 3.05) is 26.5 Å². The molecule has 5 nitrogen and oxygen atoms in total. The van der Waals surface area contributed by atoms with Crippen LogP contribution in [0.1, 0.15) is 39.5 Å². The minimum absolute atomic E-state index is 0.189. The van der Waals surface area contributed by atoms with Crippen LogP contribution in [0, 0.1) is 11.8 Å². The average Bonchev–Trinajstić information content (AvgIpc) is 2.45. The van der Waals surface area contributed by atoms with Crippen molar-refractivity contribution < 1.29 is 23.1 Å². The molecule has 0 aromatic heterocycles. The SMILES string of the molecule is CCOP(=O)(C/C=C/C#CCCCCC(=O)OC)OCC. The fourth-order valence-electron chi connectivity index (χ4n) is 1.49. The van der Waals surface area contributed by atoms with Crippen molar-refractivity contribution in [3.8, 4) is 11.8 Å². The van der Waals surface area contributed by atoms with Gasteiger partial charge in [-0.05, 0) is 32.8 Å². The molecule has 0 bridgehead atoms. The number of ether oxygens (including phenoxy) is 1. The topological polar surface area (TPSA) is 61.8 Å². The molecule has 120 valence electrons. The Morgan fingerprint density at radius 1 is 1.19 bits per heavy atom. The normalized spacial score (nSPS) is 11.2. The Balaban J connectivity index is 3.92. The maximum absolute atomic E-state index is 12.1. The van der Waals surface area contributed by atoms with E-state index in [1.165, 1.54) is 7.11 Å². The van der Waals surface area contributed by atoms with Crippen LogP contribution in [0.15, 0.2) is 12.2 Å². The van der Waals surface area contributed by atoms with E-state index in [-0.39, 0.29) is 12.1 Å². The summed E-state index contributed by atoms with van der Waals surface area (Å²) >= 11 is 0. The summed E-state index contributed by atoms with van der Waals surface area (Å²) in [6, 6.07) is 0. The van der Waals surface area contributed by atoms with Crippen LogP contribution in [0.5, 0.6) is 0 Å². The molecule has 0 saturated carbocycles. The van der Waals surface area contributed by atoms with E-state index < -0.39 is 7.60 Å². The lowest BCUT2D eigenvalue weighted by Crippen LogP contribution is -1.98. The first-order valence-electron chi connectivity index (χ1n) is 7.16. The van der Waals surface area contributed by atoms with Gasteiger partial charge in [0.1, 0.15) is 0 Å². The van der Waals surface area contributed by atoms with Crippen molar-refractivity contribution in [3.63, 3.8) is 0 Å². The molecule has 0 atom stereocenters. The van der Waals surface area contributed by atoms with Crippen LogP contribution in [0.2, 0.25) is 0 Å². The molecule has 0 rings (SSSR count). The summed E-state index contributed by atoms with van der Waals surface area (Å²) < 4.78 is 26.9. The lowest BCUT2D eigenvalue weighted by molar-refractivity contribution is -0.140. The summed E-state index contributed by atoms with van der Waals surface area (Å²) in [7, 11) is -1.62. The van der Waals surface area contributed by atoms with Gasteiger partial charge < -0.3 is 13.8 Å². The predicted octanol–water partition coefficient (Wildman–Crippen LogP) is 3.55. The Bertz CT molecular complexity index is 410. The van der Waals surface area contributed by atoms with Crippen molar-refractivity contribution in [3.05, 3.63) is 12.2 Å². The molecule has 0 saturated heterocycles. The first kappa shape index (κ1) is 19.9. The van der Waals surface area contributed by atoms with Gasteiger partial charge in [-0.2, -0.15) is 0 Å². The van der Waals surface area contributed by atoms with Gasteiger partial charge in [0, 0.05) is 12.8 Å². The molecule has 0 heterocycles. The third kappa shape index (κ3) is 11.3. The lowest BCUT2D eigenvalue weighted by Gasteiger charge is -2.14. The molecule has 0 unspecified atom stereocenters. The second-order valence-corrected chi connectivity index (χ2v) is 6.24. The van der Waals surface area contributed by atoms with Gasteiger partial charge in [0.25, 0.3) is 0 Å². The van der Waals surface area contributed by atoms with E-state index in [1.54, 1.807) is 26.0 Å². The second-order valence-electron chi connectivity index (χ2n) is 4.14. The van der Waals surface area contributed by atoms with Gasteiger partial charge in [-0.1, -0.05) is 17.9 Å². The molecule has 0 aromatic carbocycles. The first-order chi connectivity index (χ1) is 10.1. The third-order valence-electron chi connectivity index (χ3n) is 2.44. The van der Waals surface area contributed by atoms with Crippen LogP contribution in [0.4, 0.5) is 0 Å². The molecule has 6 heteroatoms. The number of esters is 1. The Labute approximate surface area is 127 Å². The van der Waals surface area contributed by atoms with Crippen molar-refractivity contribution in [2.45, 2.75) is 39.5 Å². The minimum Gasteiger partial charge on any atom is -0.469 e. The largest absolute Gasteiger partial charge is 0.469 e. The Kier molecular flexibility index (Phi) is 12.0. The second kappa shape index (κ2) is 12.6. The molecule has 0 aromatic rings. The Morgan fingerprint density at radius 3 is 2.43 bits per heavy atom. The highest BCUT2D eigenvalue weighted by atomic mass is 31.2. The van der Waals surface area contributed by atoms with E-state index in [0.717, 1.165) is 19.3 Å². The zero-order valence-corrected chi connectivity index (χ0v) is 14.0. The molecule has 0 aliphatic carbocycles. The highest BCUT2D eigenvalue weighted by Crippen LogP contribution is 2.47. The molecule has 0 aliphatic rings. The highest BCUT2D eigenvalue weighted by Gasteiger charge is 2.20. The van der Waals surface area contributed by atoms with Gasteiger partial charge in [0.15, 0.2) is 0 Å². The number of hydrogen-bond donors (Lipinski definition) is 0. The average molecular weight is 316 g/mol. The maximum atomic E-state index is 12.1. The standard InChI is InChI=1S/C15H25O5P/c1-4-19-21(17,20-5-2)14-12-10-8-6-7-9-11-13-15(16)18-3/h10,12H,4-5,7,9,11,13-14H2,1-3H3/b12-10+. The number of allylic oxidation sites excluding steroid dienone is 2. The molecule has 0 spiro atoms. The van der Waals surface area contributed by atoms with E-state index in [0.29, 0.717) is 19.6 Å². The molecule has 0 radical (unpaired) electrons. The summed E-state index contributed by atoms with van der Waals surface area (Å²) in [6.07, 6.45) is 6.36. The molecular weight excluding hydrogens is 291 g/mol. The molecular formula is C15H25O5P. The fraction of sp³-hybridized carbons (Fsp3) is 0.667. The number of carbonyl (C=O) groups excluding carboxylic acids is 1. The number of methoxy groups -OCH3 is 1. The zero-order valence-electron chi connectivity index (χ0n) is 13.1. The summed E-state index contributed by atoms with van der Waals surface area (Å²) in [4.78, 5) is 10.9. The number of hydrogen-bond acceptors (Lipinski definition) is 5. The zero-order chi connectivity index (χ0) is 16.0. The van der Waals surface area contributed by atoms with Crippen molar-refractivity contribution in [1.29, 1.82) is 0 Å². The summed E-state index contributed by atoms with van der Waals surface area (Å²) in [5, 5.41) is 0. The number of unbranched alkanes of at least 4 members (excludes halogenated alkanes) is 2. The Hall–Kier alpha value is -1.08. The van der Waals surface area contributed by atoms with Crippen molar-refractivity contribution >= 4 is 13.6 Å². The van der Waals surface area contributed by atoms with Crippen LogP contribution in [-0.4, -0.2) is 32.5 Å². The summed E-state index contributed by atoms with van der Waals surface area (Å²) in [5.74, 6) is 5.64. The Morgan fingerprint density at radius 2 is 1.86 bits per heavy atom. The van der Waals surface area contributed by atoms with Crippen LogP contribution in [0.25, 0.3) is 0 Å². The first-order valence-corrected chi connectivity index (χ1v) is 8.89. The molecule has 0 amide bonds. The summed E-state index contributed by atoms with van der Waals surface area (Å²) in [6.45, 7) is 4.28. The van der Waals surface area contributed by atoms with E-state index in [2.05, 4.69) is 16.6 Å². The van der Waals surface area contributed by atoms with Gasteiger partial charge in [-0.3, -0.25) is 9.36 Å². The molecule has 0 aliphatic heterocycles. The van der Waals surface area contributed by atoms with Crippen LogP contribution in [0.3, 0.4) is 0 Å². The maximum Gasteiger partial charge on any atom is 0.334 e. The van der Waals surface area contributed by atoms with Crippen LogP contribution < -0.4 is 0 Å². The highest BCUT2D eigenvalue weighted by molar-refractivity contribution is 7.54. The van der Waals surface area contributed by atoms with Gasteiger partial charge in [0.2, 0.25) is 0 Å². The number of carbonyl (C=O) groups is 1. The molecule has 0 N–H and O–H groups in total. The number of rotatable bonds is 10.